The Balaban J connectivity index is 1.81. The number of carbonyl (C=O) groups is 2. The predicted octanol–water partition coefficient (Wildman–Crippen LogP) is 1.55. The quantitative estimate of drug-likeness (QED) is 0.649. The van der Waals surface area contributed by atoms with Crippen LogP contribution in [0.2, 0.25) is 0 Å². The van der Waals surface area contributed by atoms with Crippen molar-refractivity contribution >= 4 is 23.2 Å². The number of likely N-dealkylation sites (N-methyl/N-ethyl adjacent to an activating group) is 1. The van der Waals surface area contributed by atoms with Gasteiger partial charge in [-0.15, -0.1) is 13.2 Å². The first-order valence-electron chi connectivity index (χ1n) is 8.41. The molecule has 7 nitrogen and oxygen atoms in total. The average molecular weight is 407 g/mol. The number of hydrogen-bond donors (Lipinski definition) is 3. The number of anilines is 2. The van der Waals surface area contributed by atoms with Crippen molar-refractivity contribution in [3.05, 3.63) is 54.1 Å². The molecule has 0 saturated carbocycles. The molecule has 3 N–H and O–H groups in total. The Morgan fingerprint density at radius 3 is 2.17 bits per heavy atom. The Hall–Kier alpha value is -3.58. The fraction of sp³-hybridized carbons (Fsp3) is 0.211. The lowest BCUT2D eigenvalue weighted by atomic mass is 10.2. The van der Waals surface area contributed by atoms with Crippen molar-refractivity contribution in [1.82, 2.24) is 0 Å². The van der Waals surface area contributed by atoms with E-state index in [1.165, 1.54) is 18.2 Å². The van der Waals surface area contributed by atoms with E-state index in [2.05, 4.69) is 15.4 Å². The summed E-state index contributed by atoms with van der Waals surface area (Å²) in [6.07, 6.45) is -4.78. The second kappa shape index (κ2) is 9.57. The first-order chi connectivity index (χ1) is 13.6. The predicted molar refractivity (Wildman–Crippen MR) is 98.2 cm³/mol. The Morgan fingerprint density at radius 2 is 1.62 bits per heavy atom. The number of quaternary nitrogens is 1. The summed E-state index contributed by atoms with van der Waals surface area (Å²) in [6, 6.07) is 13.1. The summed E-state index contributed by atoms with van der Waals surface area (Å²) in [5.74, 6) is -1.14. The smallest absolute Gasteiger partial charge is 0.406 e. The summed E-state index contributed by atoms with van der Waals surface area (Å²) in [5.41, 5.74) is 1.19. The monoisotopic (exact) mass is 407 g/mol. The van der Waals surface area contributed by atoms with Crippen LogP contribution in [0.1, 0.15) is 5.56 Å². The molecule has 2 amide bonds. The molecule has 0 aliphatic heterocycles. The number of amides is 2. The van der Waals surface area contributed by atoms with Gasteiger partial charge in [-0.1, -0.05) is 6.07 Å². The maximum absolute atomic E-state index is 12.1. The van der Waals surface area contributed by atoms with Gasteiger partial charge in [-0.25, -0.2) is 0 Å². The lowest BCUT2D eigenvalue weighted by Gasteiger charge is -2.14. The zero-order valence-corrected chi connectivity index (χ0v) is 15.3. The number of halogens is 3. The van der Waals surface area contributed by atoms with Gasteiger partial charge in [0.25, 0.3) is 11.8 Å². The molecule has 0 aliphatic rings. The highest BCUT2D eigenvalue weighted by Gasteiger charge is 2.31. The number of benzene rings is 2. The van der Waals surface area contributed by atoms with Gasteiger partial charge in [0.1, 0.15) is 5.75 Å². The van der Waals surface area contributed by atoms with Crippen molar-refractivity contribution in [2.75, 3.05) is 30.8 Å². The number of carbonyl (C=O) groups excluding carboxylic acids is 2. The van der Waals surface area contributed by atoms with E-state index in [1.54, 1.807) is 25.2 Å². The van der Waals surface area contributed by atoms with Crippen LogP contribution < -0.4 is 20.3 Å². The number of nitriles is 1. The summed E-state index contributed by atoms with van der Waals surface area (Å²) in [4.78, 5) is 24.7. The Kier molecular flexibility index (Phi) is 7.16. The van der Waals surface area contributed by atoms with E-state index in [9.17, 15) is 22.8 Å². The van der Waals surface area contributed by atoms with Gasteiger partial charge in [0, 0.05) is 11.4 Å². The highest BCUT2D eigenvalue weighted by atomic mass is 19.4. The first-order valence-corrected chi connectivity index (χ1v) is 8.41. The van der Waals surface area contributed by atoms with Gasteiger partial charge in [-0.2, -0.15) is 5.26 Å². The second-order valence-corrected chi connectivity index (χ2v) is 6.17. The third-order valence-electron chi connectivity index (χ3n) is 3.57. The van der Waals surface area contributed by atoms with Crippen molar-refractivity contribution in [2.24, 2.45) is 0 Å². The van der Waals surface area contributed by atoms with E-state index in [0.717, 1.165) is 12.1 Å². The standard InChI is InChI=1S/C19H17F3N4O3/c1-26(12-18(28)25-15-4-2-3-13(9-15)10-23)11-17(27)24-14-5-7-16(8-6-14)29-19(20,21)22/h2-9H,11-12H2,1H3,(H,24,27)(H,25,28)/p+1. The Labute approximate surface area is 164 Å². The topological polar surface area (TPSA) is 95.7 Å². The minimum atomic E-state index is -4.78. The summed E-state index contributed by atoms with van der Waals surface area (Å²) in [5, 5.41) is 14.0. The molecule has 0 aliphatic carbocycles. The molecule has 2 aromatic carbocycles. The number of nitrogens with one attached hydrogen (secondary N) is 3. The Morgan fingerprint density at radius 1 is 1.03 bits per heavy atom. The van der Waals surface area contributed by atoms with Crippen LogP contribution in [0.5, 0.6) is 5.75 Å². The SMILES string of the molecule is C[NH+](CC(=O)Nc1ccc(OC(F)(F)F)cc1)CC(=O)Nc1cccc(C#N)c1. The molecular weight excluding hydrogens is 389 g/mol. The molecule has 0 spiro atoms. The summed E-state index contributed by atoms with van der Waals surface area (Å²) < 4.78 is 40.2. The normalized spacial score (nSPS) is 11.8. The molecular formula is C19H18F3N4O3+. The van der Waals surface area contributed by atoms with E-state index in [4.69, 9.17) is 5.26 Å². The van der Waals surface area contributed by atoms with Crippen molar-refractivity contribution < 1.29 is 32.4 Å². The average Bonchev–Trinajstić information content (AvgIpc) is 2.62. The van der Waals surface area contributed by atoms with Crippen molar-refractivity contribution in [3.8, 4) is 11.8 Å². The molecule has 152 valence electrons. The van der Waals surface area contributed by atoms with Crippen molar-refractivity contribution in [3.63, 3.8) is 0 Å². The fourth-order valence-electron chi connectivity index (χ4n) is 2.43. The molecule has 0 bridgehead atoms. The van der Waals surface area contributed by atoms with Gasteiger partial charge < -0.3 is 20.3 Å². The summed E-state index contributed by atoms with van der Waals surface area (Å²) >= 11 is 0. The molecule has 2 aromatic rings. The largest absolute Gasteiger partial charge is 0.573 e. The zero-order valence-electron chi connectivity index (χ0n) is 15.3. The van der Waals surface area contributed by atoms with Gasteiger partial charge in [-0.3, -0.25) is 9.59 Å². The molecule has 1 unspecified atom stereocenters. The number of rotatable bonds is 7. The number of nitrogens with zero attached hydrogens (tertiary/aromatic N) is 1. The lowest BCUT2D eigenvalue weighted by molar-refractivity contribution is -0.862. The fourth-order valence-corrected chi connectivity index (χ4v) is 2.43. The van der Waals surface area contributed by atoms with Gasteiger partial charge in [0.15, 0.2) is 13.1 Å². The van der Waals surface area contributed by atoms with Gasteiger partial charge in [0.2, 0.25) is 0 Å². The maximum Gasteiger partial charge on any atom is 0.573 e. The van der Waals surface area contributed by atoms with Crippen LogP contribution in [0, 0.1) is 11.3 Å². The van der Waals surface area contributed by atoms with Crippen molar-refractivity contribution in [2.45, 2.75) is 6.36 Å². The molecule has 0 saturated heterocycles. The van der Waals surface area contributed by atoms with Crippen LogP contribution >= 0.6 is 0 Å². The molecule has 0 aromatic heterocycles. The number of ether oxygens (including phenoxy) is 1. The van der Waals surface area contributed by atoms with Crippen LogP contribution in [-0.4, -0.2) is 38.3 Å². The van der Waals surface area contributed by atoms with Crippen LogP contribution in [0.15, 0.2) is 48.5 Å². The van der Waals surface area contributed by atoms with Crippen molar-refractivity contribution in [1.29, 1.82) is 5.26 Å². The molecule has 29 heavy (non-hydrogen) atoms. The van der Waals surface area contributed by atoms with Gasteiger partial charge in [0.05, 0.1) is 18.7 Å². The molecule has 1 atom stereocenters. The molecule has 0 heterocycles. The molecule has 2 rings (SSSR count). The highest BCUT2D eigenvalue weighted by molar-refractivity contribution is 5.93. The van der Waals surface area contributed by atoms with Crippen LogP contribution in [0.3, 0.4) is 0 Å². The van der Waals surface area contributed by atoms with E-state index < -0.39 is 18.0 Å². The molecule has 10 heteroatoms. The minimum absolute atomic E-state index is 0.00254. The highest BCUT2D eigenvalue weighted by Crippen LogP contribution is 2.23. The summed E-state index contributed by atoms with van der Waals surface area (Å²) in [6.45, 7) is -0.0327. The number of alkyl halides is 3. The molecule has 0 fully saturated rings. The Bertz CT molecular complexity index is 908. The first kappa shape index (κ1) is 21.7. The van der Waals surface area contributed by atoms with E-state index >= 15 is 0 Å². The zero-order chi connectivity index (χ0) is 21.4. The minimum Gasteiger partial charge on any atom is -0.406 e. The summed E-state index contributed by atoms with van der Waals surface area (Å²) in [7, 11) is 1.64. The van der Waals surface area contributed by atoms with Crippen LogP contribution in [0.25, 0.3) is 0 Å². The van der Waals surface area contributed by atoms with Gasteiger partial charge >= 0.3 is 6.36 Å². The van der Waals surface area contributed by atoms with Crippen LogP contribution in [-0.2, 0) is 9.59 Å². The third kappa shape index (κ3) is 7.90. The second-order valence-electron chi connectivity index (χ2n) is 6.17. The lowest BCUT2D eigenvalue weighted by Crippen LogP contribution is -3.11. The van der Waals surface area contributed by atoms with Crippen LogP contribution in [0.4, 0.5) is 24.5 Å². The molecule has 0 radical (unpaired) electrons. The maximum atomic E-state index is 12.1. The van der Waals surface area contributed by atoms with E-state index in [0.29, 0.717) is 21.8 Å². The third-order valence-corrected chi connectivity index (χ3v) is 3.57. The number of hydrogen-bond acceptors (Lipinski definition) is 4. The van der Waals surface area contributed by atoms with E-state index in [-0.39, 0.29) is 19.0 Å². The van der Waals surface area contributed by atoms with E-state index in [1.807, 2.05) is 6.07 Å². The van der Waals surface area contributed by atoms with Gasteiger partial charge in [-0.05, 0) is 42.5 Å².